The van der Waals surface area contributed by atoms with Crippen LogP contribution in [-0.2, 0) is 14.6 Å². The number of carbonyl (C=O) groups excluding carboxylic acids is 1. The zero-order valence-electron chi connectivity index (χ0n) is 16.4. The summed E-state index contributed by atoms with van der Waals surface area (Å²) in [6, 6.07) is 12.5. The van der Waals surface area contributed by atoms with Gasteiger partial charge in [0.05, 0.1) is 16.9 Å². The van der Waals surface area contributed by atoms with Crippen LogP contribution < -0.4 is 10.6 Å². The Morgan fingerprint density at radius 3 is 2.54 bits per heavy atom. The van der Waals surface area contributed by atoms with Gasteiger partial charge in [0.25, 0.3) is 0 Å². The minimum atomic E-state index is -3.32. The maximum Gasteiger partial charge on any atom is 0.225 e. The van der Waals surface area contributed by atoms with Crippen LogP contribution in [0, 0.1) is 19.8 Å². The number of rotatable bonds is 5. The molecular weight excluding hydrogens is 396 g/mol. The van der Waals surface area contributed by atoms with Crippen molar-refractivity contribution in [3.8, 4) is 0 Å². The monoisotopic (exact) mass is 422 g/mol. The highest BCUT2D eigenvalue weighted by atomic mass is 35.5. The largest absolute Gasteiger partial charge is 0.345 e. The molecule has 2 aromatic rings. The normalized spacial score (nSPS) is 17.6. The first-order valence-electron chi connectivity index (χ1n) is 9.14. The Balaban J connectivity index is 0.00000280. The highest BCUT2D eigenvalue weighted by molar-refractivity contribution is 7.90. The molecule has 7 heteroatoms. The van der Waals surface area contributed by atoms with Crippen molar-refractivity contribution in [1.29, 1.82) is 0 Å². The summed E-state index contributed by atoms with van der Waals surface area (Å²) in [6.07, 6.45) is 2.01. The summed E-state index contributed by atoms with van der Waals surface area (Å²) in [4.78, 5) is 13.0. The average Bonchev–Trinajstić information content (AvgIpc) is 3.14. The third-order valence-corrected chi connectivity index (χ3v) is 6.18. The molecule has 0 spiro atoms. The first-order chi connectivity index (χ1) is 12.8. The molecule has 0 saturated carbocycles. The molecule has 2 aromatic carbocycles. The fourth-order valence-corrected chi connectivity index (χ4v) is 4.23. The standard InChI is InChI=1S/C21H26N2O3S.ClH/c1-14-7-8-19(15(2)11-14)20(23-21(24)17-9-10-22-13-17)16-5-4-6-18(12-16)27(3,25)26;/h4-8,11-12,17,20,22H,9-10,13H2,1-3H3,(H,23,24);1H. The number of hydrogen-bond acceptors (Lipinski definition) is 4. The van der Waals surface area contributed by atoms with Crippen molar-refractivity contribution >= 4 is 28.2 Å². The third-order valence-electron chi connectivity index (χ3n) is 5.07. The van der Waals surface area contributed by atoms with E-state index in [1.165, 1.54) is 6.26 Å². The van der Waals surface area contributed by atoms with Crippen molar-refractivity contribution in [3.63, 3.8) is 0 Å². The highest BCUT2D eigenvalue weighted by Crippen LogP contribution is 2.28. The molecule has 0 bridgehead atoms. The van der Waals surface area contributed by atoms with Crippen molar-refractivity contribution in [3.05, 3.63) is 64.7 Å². The van der Waals surface area contributed by atoms with Crippen molar-refractivity contribution in [2.75, 3.05) is 19.3 Å². The number of amides is 1. The number of carbonyl (C=O) groups is 1. The molecular formula is C21H27ClN2O3S. The van der Waals surface area contributed by atoms with Crippen LogP contribution in [0.5, 0.6) is 0 Å². The van der Waals surface area contributed by atoms with Gasteiger partial charge in [-0.15, -0.1) is 12.4 Å². The molecule has 1 fully saturated rings. The lowest BCUT2D eigenvalue weighted by molar-refractivity contribution is -0.124. The average molecular weight is 423 g/mol. The van der Waals surface area contributed by atoms with E-state index in [9.17, 15) is 13.2 Å². The lowest BCUT2D eigenvalue weighted by Crippen LogP contribution is -2.35. The zero-order valence-corrected chi connectivity index (χ0v) is 18.0. The maximum absolute atomic E-state index is 12.8. The lowest BCUT2D eigenvalue weighted by Gasteiger charge is -2.24. The fraction of sp³-hybridized carbons (Fsp3) is 0.381. The second-order valence-corrected chi connectivity index (χ2v) is 9.35. The Kier molecular flexibility index (Phi) is 7.26. The molecule has 1 saturated heterocycles. The van der Waals surface area contributed by atoms with Gasteiger partial charge in [-0.1, -0.05) is 35.9 Å². The lowest BCUT2D eigenvalue weighted by atomic mass is 9.93. The molecule has 3 rings (SSSR count). The molecule has 2 unspecified atom stereocenters. The second-order valence-electron chi connectivity index (χ2n) is 7.34. The molecule has 5 nitrogen and oxygen atoms in total. The molecule has 28 heavy (non-hydrogen) atoms. The molecule has 152 valence electrons. The Labute approximate surface area is 173 Å². The Morgan fingerprint density at radius 1 is 1.18 bits per heavy atom. The number of sulfone groups is 1. The molecule has 1 amide bonds. The van der Waals surface area contributed by atoms with Crippen LogP contribution in [0.4, 0.5) is 0 Å². The van der Waals surface area contributed by atoms with Gasteiger partial charge < -0.3 is 10.6 Å². The summed E-state index contributed by atoms with van der Waals surface area (Å²) in [5.74, 6) is -0.0638. The van der Waals surface area contributed by atoms with E-state index < -0.39 is 9.84 Å². The minimum Gasteiger partial charge on any atom is -0.345 e. The van der Waals surface area contributed by atoms with Crippen molar-refractivity contribution in [2.45, 2.75) is 31.2 Å². The van der Waals surface area contributed by atoms with Gasteiger partial charge in [-0.2, -0.15) is 0 Å². The van der Waals surface area contributed by atoms with Gasteiger partial charge in [0.2, 0.25) is 5.91 Å². The molecule has 0 aliphatic carbocycles. The smallest absolute Gasteiger partial charge is 0.225 e. The van der Waals surface area contributed by atoms with E-state index in [0.29, 0.717) is 6.54 Å². The summed E-state index contributed by atoms with van der Waals surface area (Å²) in [5.41, 5.74) is 3.95. The Hall–Kier alpha value is -1.89. The van der Waals surface area contributed by atoms with E-state index in [2.05, 4.69) is 16.7 Å². The zero-order chi connectivity index (χ0) is 19.6. The molecule has 0 aromatic heterocycles. The second kappa shape index (κ2) is 9.07. The van der Waals surface area contributed by atoms with E-state index in [4.69, 9.17) is 0 Å². The Morgan fingerprint density at radius 2 is 1.93 bits per heavy atom. The minimum absolute atomic E-state index is 0. The van der Waals surface area contributed by atoms with Gasteiger partial charge in [0.1, 0.15) is 0 Å². The number of nitrogens with one attached hydrogen (secondary N) is 2. The van der Waals surface area contributed by atoms with Crippen LogP contribution in [0.3, 0.4) is 0 Å². The SMILES string of the molecule is Cc1ccc(C(NC(=O)C2CCNC2)c2cccc(S(C)(=O)=O)c2)c(C)c1.Cl. The summed E-state index contributed by atoms with van der Waals surface area (Å²) in [6.45, 7) is 5.56. The Bertz CT molecular complexity index is 954. The first kappa shape index (κ1) is 22.4. The van der Waals surface area contributed by atoms with E-state index >= 15 is 0 Å². The summed E-state index contributed by atoms with van der Waals surface area (Å²) in [5, 5.41) is 6.37. The van der Waals surface area contributed by atoms with Gasteiger partial charge in [-0.05, 0) is 55.6 Å². The van der Waals surface area contributed by atoms with E-state index in [0.717, 1.165) is 35.2 Å². The van der Waals surface area contributed by atoms with Crippen LogP contribution in [0.25, 0.3) is 0 Å². The third kappa shape index (κ3) is 5.13. The van der Waals surface area contributed by atoms with Crippen LogP contribution >= 0.6 is 12.4 Å². The van der Waals surface area contributed by atoms with Crippen molar-refractivity contribution < 1.29 is 13.2 Å². The first-order valence-corrected chi connectivity index (χ1v) is 11.0. The number of aryl methyl sites for hydroxylation is 2. The van der Waals surface area contributed by atoms with Crippen molar-refractivity contribution in [1.82, 2.24) is 10.6 Å². The summed E-state index contributed by atoms with van der Waals surface area (Å²) in [7, 11) is -3.32. The predicted octanol–water partition coefficient (Wildman–Crippen LogP) is 2.94. The number of hydrogen-bond donors (Lipinski definition) is 2. The topological polar surface area (TPSA) is 75.3 Å². The van der Waals surface area contributed by atoms with Crippen LogP contribution in [0.2, 0.25) is 0 Å². The van der Waals surface area contributed by atoms with Gasteiger partial charge in [-0.3, -0.25) is 4.79 Å². The van der Waals surface area contributed by atoms with Gasteiger partial charge in [-0.25, -0.2) is 8.42 Å². The number of benzene rings is 2. The number of halogens is 1. The van der Waals surface area contributed by atoms with Crippen LogP contribution in [-0.4, -0.2) is 33.7 Å². The highest BCUT2D eigenvalue weighted by Gasteiger charge is 2.27. The molecule has 1 aliphatic heterocycles. The quantitative estimate of drug-likeness (QED) is 0.776. The molecule has 1 heterocycles. The molecule has 1 aliphatic rings. The van der Waals surface area contributed by atoms with Gasteiger partial charge in [0.15, 0.2) is 9.84 Å². The van der Waals surface area contributed by atoms with Crippen LogP contribution in [0.15, 0.2) is 47.4 Å². The summed E-state index contributed by atoms with van der Waals surface area (Å²) < 4.78 is 24.0. The van der Waals surface area contributed by atoms with E-state index in [-0.39, 0.29) is 35.2 Å². The fourth-order valence-electron chi connectivity index (χ4n) is 3.55. The van der Waals surface area contributed by atoms with Gasteiger partial charge >= 0.3 is 0 Å². The molecule has 2 N–H and O–H groups in total. The molecule has 2 atom stereocenters. The van der Waals surface area contributed by atoms with Crippen LogP contribution in [0.1, 0.15) is 34.7 Å². The van der Waals surface area contributed by atoms with E-state index in [1.54, 1.807) is 18.2 Å². The van der Waals surface area contributed by atoms with Gasteiger partial charge in [0, 0.05) is 12.8 Å². The van der Waals surface area contributed by atoms with Crippen molar-refractivity contribution in [2.24, 2.45) is 5.92 Å². The predicted molar refractivity (Wildman–Crippen MR) is 114 cm³/mol. The maximum atomic E-state index is 12.8. The molecule has 0 radical (unpaired) electrons. The van der Waals surface area contributed by atoms with E-state index in [1.807, 2.05) is 32.0 Å². The summed E-state index contributed by atoms with van der Waals surface area (Å²) >= 11 is 0.